The first kappa shape index (κ1) is 14.9. The average Bonchev–Trinajstić information content (AvgIpc) is 2.85. The maximum Gasteiger partial charge on any atom is 0.304 e. The van der Waals surface area contributed by atoms with Crippen LogP contribution in [0.1, 0.15) is 37.9 Å². The molecular formula is C15H21NO4. The van der Waals surface area contributed by atoms with E-state index in [1.165, 1.54) is 0 Å². The molecule has 5 nitrogen and oxygen atoms in total. The summed E-state index contributed by atoms with van der Waals surface area (Å²) in [5.74, 6) is -0.803. The van der Waals surface area contributed by atoms with E-state index in [-0.39, 0.29) is 12.5 Å². The van der Waals surface area contributed by atoms with Gasteiger partial charge in [0, 0.05) is 18.2 Å². The molecule has 0 spiro atoms. The van der Waals surface area contributed by atoms with Gasteiger partial charge in [0.25, 0.3) is 0 Å². The number of ether oxygens (including phenoxy) is 2. The van der Waals surface area contributed by atoms with E-state index in [9.17, 15) is 4.79 Å². The molecule has 1 aromatic heterocycles. The fourth-order valence-corrected chi connectivity index (χ4v) is 2.44. The molecule has 1 aliphatic rings. The zero-order chi connectivity index (χ0) is 14.6. The highest BCUT2D eigenvalue weighted by atomic mass is 16.5. The fourth-order valence-electron chi connectivity index (χ4n) is 2.44. The van der Waals surface area contributed by atoms with E-state index >= 15 is 0 Å². The van der Waals surface area contributed by atoms with Crippen LogP contribution in [0, 0.1) is 0 Å². The van der Waals surface area contributed by atoms with Crippen LogP contribution in [0.3, 0.4) is 0 Å². The van der Waals surface area contributed by atoms with E-state index in [0.717, 1.165) is 17.7 Å². The van der Waals surface area contributed by atoms with Gasteiger partial charge in [0.1, 0.15) is 0 Å². The van der Waals surface area contributed by atoms with Crippen molar-refractivity contribution in [1.82, 2.24) is 4.98 Å². The lowest BCUT2D eigenvalue weighted by Crippen LogP contribution is -2.30. The van der Waals surface area contributed by atoms with Gasteiger partial charge in [-0.1, -0.05) is 6.07 Å². The van der Waals surface area contributed by atoms with Crippen LogP contribution in [0.25, 0.3) is 0 Å². The first-order chi connectivity index (χ1) is 9.52. The summed E-state index contributed by atoms with van der Waals surface area (Å²) in [5, 5.41) is 9.10. The van der Waals surface area contributed by atoms with Crippen LogP contribution in [0.5, 0.6) is 0 Å². The van der Waals surface area contributed by atoms with Gasteiger partial charge in [0.15, 0.2) is 0 Å². The van der Waals surface area contributed by atoms with Gasteiger partial charge in [-0.15, -0.1) is 0 Å². The third kappa shape index (κ3) is 3.55. The SMILES string of the molecule is CC(C)OCc1ccc(C2(CC(=O)O)CCOC2)cn1. The molecule has 0 amide bonds. The smallest absolute Gasteiger partial charge is 0.304 e. The van der Waals surface area contributed by atoms with Crippen molar-refractivity contribution in [3.63, 3.8) is 0 Å². The number of rotatable bonds is 6. The Balaban J connectivity index is 2.12. The number of hydrogen-bond donors (Lipinski definition) is 1. The van der Waals surface area contributed by atoms with Crippen LogP contribution in [-0.4, -0.2) is 35.4 Å². The minimum atomic E-state index is -0.803. The van der Waals surface area contributed by atoms with Crippen molar-refractivity contribution < 1.29 is 19.4 Å². The topological polar surface area (TPSA) is 68.7 Å². The van der Waals surface area contributed by atoms with Crippen LogP contribution in [0.4, 0.5) is 0 Å². The number of hydrogen-bond acceptors (Lipinski definition) is 4. The van der Waals surface area contributed by atoms with Crippen LogP contribution >= 0.6 is 0 Å². The van der Waals surface area contributed by atoms with Gasteiger partial charge in [0.05, 0.1) is 31.4 Å². The molecule has 0 aromatic carbocycles. The van der Waals surface area contributed by atoms with Crippen LogP contribution in [0.2, 0.25) is 0 Å². The van der Waals surface area contributed by atoms with Crippen LogP contribution in [0.15, 0.2) is 18.3 Å². The highest BCUT2D eigenvalue weighted by Crippen LogP contribution is 2.36. The predicted molar refractivity (Wildman–Crippen MR) is 73.5 cm³/mol. The number of carbonyl (C=O) groups is 1. The maximum absolute atomic E-state index is 11.1. The zero-order valence-electron chi connectivity index (χ0n) is 12.0. The third-order valence-electron chi connectivity index (χ3n) is 3.59. The number of aliphatic carboxylic acids is 1. The standard InChI is InChI=1S/C15H21NO4/c1-11(2)20-9-13-4-3-12(8-16-13)15(7-14(17)18)5-6-19-10-15/h3-4,8,11H,5-7,9-10H2,1-2H3,(H,17,18). The van der Waals surface area contributed by atoms with Gasteiger partial charge in [-0.2, -0.15) is 0 Å². The molecule has 0 bridgehead atoms. The number of carboxylic acids is 1. The number of nitrogens with zero attached hydrogens (tertiary/aromatic N) is 1. The molecule has 1 saturated heterocycles. The van der Waals surface area contributed by atoms with Gasteiger partial charge in [-0.25, -0.2) is 0 Å². The first-order valence-electron chi connectivity index (χ1n) is 6.88. The summed E-state index contributed by atoms with van der Waals surface area (Å²) in [6, 6.07) is 3.85. The quantitative estimate of drug-likeness (QED) is 0.864. The highest BCUT2D eigenvalue weighted by Gasteiger charge is 2.39. The molecule has 0 saturated carbocycles. The molecule has 1 atom stereocenters. The Kier molecular flexibility index (Phi) is 4.73. The Morgan fingerprint density at radius 1 is 1.55 bits per heavy atom. The fraction of sp³-hybridized carbons (Fsp3) is 0.600. The third-order valence-corrected chi connectivity index (χ3v) is 3.59. The van der Waals surface area contributed by atoms with Gasteiger partial charge in [0.2, 0.25) is 0 Å². The molecule has 20 heavy (non-hydrogen) atoms. The molecule has 1 aromatic rings. The van der Waals surface area contributed by atoms with Crippen LogP contribution in [-0.2, 0) is 26.3 Å². The molecule has 1 N–H and O–H groups in total. The van der Waals surface area contributed by atoms with E-state index in [4.69, 9.17) is 14.6 Å². The molecule has 2 rings (SSSR count). The Hall–Kier alpha value is -1.46. The van der Waals surface area contributed by atoms with Crippen molar-refractivity contribution in [2.45, 2.75) is 44.8 Å². The summed E-state index contributed by atoms with van der Waals surface area (Å²) in [5.41, 5.74) is 1.36. The molecule has 1 fully saturated rings. The van der Waals surface area contributed by atoms with Gasteiger partial charge in [-0.3, -0.25) is 9.78 Å². The maximum atomic E-state index is 11.1. The van der Waals surface area contributed by atoms with E-state index in [2.05, 4.69) is 4.98 Å². The summed E-state index contributed by atoms with van der Waals surface area (Å²) in [6.45, 7) is 5.48. The Morgan fingerprint density at radius 2 is 2.35 bits per heavy atom. The van der Waals surface area contributed by atoms with Gasteiger partial charge >= 0.3 is 5.97 Å². The molecule has 5 heteroatoms. The van der Waals surface area contributed by atoms with Gasteiger partial charge in [-0.05, 0) is 31.9 Å². The van der Waals surface area contributed by atoms with Gasteiger partial charge < -0.3 is 14.6 Å². The molecule has 2 heterocycles. The molecular weight excluding hydrogens is 258 g/mol. The Morgan fingerprint density at radius 3 is 2.85 bits per heavy atom. The molecule has 0 aliphatic carbocycles. The van der Waals surface area contributed by atoms with Crippen molar-refractivity contribution in [2.24, 2.45) is 0 Å². The molecule has 110 valence electrons. The number of carboxylic acid groups (broad SMARTS) is 1. The second-order valence-electron chi connectivity index (χ2n) is 5.55. The average molecular weight is 279 g/mol. The molecule has 1 aliphatic heterocycles. The second-order valence-corrected chi connectivity index (χ2v) is 5.55. The van der Waals surface area contributed by atoms with E-state index < -0.39 is 11.4 Å². The van der Waals surface area contributed by atoms with E-state index in [1.54, 1.807) is 6.20 Å². The monoisotopic (exact) mass is 279 g/mol. The minimum absolute atomic E-state index is 0.0799. The Labute approximate surface area is 118 Å². The summed E-state index contributed by atoms with van der Waals surface area (Å²) in [7, 11) is 0. The van der Waals surface area contributed by atoms with Crippen molar-refractivity contribution >= 4 is 5.97 Å². The summed E-state index contributed by atoms with van der Waals surface area (Å²) in [4.78, 5) is 15.5. The van der Waals surface area contributed by atoms with Crippen LogP contribution < -0.4 is 0 Å². The molecule has 1 unspecified atom stereocenters. The predicted octanol–water partition coefficient (Wildman–Crippen LogP) is 2.14. The van der Waals surface area contributed by atoms with Crippen molar-refractivity contribution in [3.05, 3.63) is 29.6 Å². The lowest BCUT2D eigenvalue weighted by atomic mass is 9.78. The van der Waals surface area contributed by atoms with E-state index in [0.29, 0.717) is 19.8 Å². The summed E-state index contributed by atoms with van der Waals surface area (Å²) < 4.78 is 10.9. The Bertz CT molecular complexity index is 449. The molecule has 0 radical (unpaired) electrons. The highest BCUT2D eigenvalue weighted by molar-refractivity contribution is 5.69. The second kappa shape index (κ2) is 6.33. The lowest BCUT2D eigenvalue weighted by molar-refractivity contribution is -0.138. The normalized spacial score (nSPS) is 22.4. The first-order valence-corrected chi connectivity index (χ1v) is 6.88. The minimum Gasteiger partial charge on any atom is -0.481 e. The van der Waals surface area contributed by atoms with Crippen molar-refractivity contribution in [1.29, 1.82) is 0 Å². The van der Waals surface area contributed by atoms with E-state index in [1.807, 2.05) is 26.0 Å². The lowest BCUT2D eigenvalue weighted by Gasteiger charge is -2.25. The van der Waals surface area contributed by atoms with Crippen molar-refractivity contribution in [3.8, 4) is 0 Å². The van der Waals surface area contributed by atoms with Crippen molar-refractivity contribution in [2.75, 3.05) is 13.2 Å². The summed E-state index contributed by atoms with van der Waals surface area (Å²) in [6.07, 6.45) is 2.73. The largest absolute Gasteiger partial charge is 0.481 e. The summed E-state index contributed by atoms with van der Waals surface area (Å²) >= 11 is 0. The number of aromatic nitrogens is 1. The number of pyridine rings is 1. The zero-order valence-corrected chi connectivity index (χ0v) is 12.0.